The van der Waals surface area contributed by atoms with Crippen molar-refractivity contribution in [1.29, 1.82) is 0 Å². The summed E-state index contributed by atoms with van der Waals surface area (Å²) in [7, 11) is 0. The second-order valence-corrected chi connectivity index (χ2v) is 4.69. The van der Waals surface area contributed by atoms with Crippen molar-refractivity contribution in [2.45, 2.75) is 18.7 Å². The Balaban J connectivity index is 2.35. The molecule has 0 amide bonds. The Kier molecular flexibility index (Phi) is 4.15. The molecular weight excluding hydrogens is 273 g/mol. The van der Waals surface area contributed by atoms with Crippen molar-refractivity contribution < 1.29 is 13.2 Å². The van der Waals surface area contributed by atoms with Crippen molar-refractivity contribution in [3.63, 3.8) is 0 Å². The first kappa shape index (κ1) is 13.9. The molecule has 0 aliphatic rings. The standard InChI is InChI=1S/C15H12ClF3/c1-2-9-3-5-10(6-4-9)14(16)11-7-12(17)15(19)13(18)8-11/h3-8,14H,2H2,1H3. The predicted molar refractivity (Wildman–Crippen MR) is 69.8 cm³/mol. The highest BCUT2D eigenvalue weighted by Gasteiger charge is 2.17. The van der Waals surface area contributed by atoms with Crippen LogP contribution >= 0.6 is 11.6 Å². The molecule has 1 unspecified atom stereocenters. The van der Waals surface area contributed by atoms with E-state index in [1.807, 2.05) is 19.1 Å². The van der Waals surface area contributed by atoms with Gasteiger partial charge in [-0.05, 0) is 35.2 Å². The molecule has 0 nitrogen and oxygen atoms in total. The summed E-state index contributed by atoms with van der Waals surface area (Å²) >= 11 is 6.17. The van der Waals surface area contributed by atoms with E-state index in [4.69, 9.17) is 11.6 Å². The third kappa shape index (κ3) is 2.92. The van der Waals surface area contributed by atoms with Crippen molar-refractivity contribution in [1.82, 2.24) is 0 Å². The number of alkyl halides is 1. The van der Waals surface area contributed by atoms with Crippen molar-refractivity contribution in [2.24, 2.45) is 0 Å². The van der Waals surface area contributed by atoms with E-state index >= 15 is 0 Å². The van der Waals surface area contributed by atoms with Crippen LogP contribution in [0.4, 0.5) is 13.2 Å². The topological polar surface area (TPSA) is 0 Å². The van der Waals surface area contributed by atoms with Gasteiger partial charge in [0, 0.05) is 0 Å². The zero-order chi connectivity index (χ0) is 14.0. The number of aryl methyl sites for hydroxylation is 1. The fourth-order valence-electron chi connectivity index (χ4n) is 1.84. The molecule has 0 N–H and O–H groups in total. The largest absolute Gasteiger partial charge is 0.204 e. The van der Waals surface area contributed by atoms with Crippen molar-refractivity contribution in [3.8, 4) is 0 Å². The molecule has 0 saturated carbocycles. The van der Waals surface area contributed by atoms with E-state index in [1.54, 1.807) is 12.1 Å². The summed E-state index contributed by atoms with van der Waals surface area (Å²) in [4.78, 5) is 0. The van der Waals surface area contributed by atoms with E-state index in [9.17, 15) is 13.2 Å². The number of rotatable bonds is 3. The van der Waals surface area contributed by atoms with Crippen LogP contribution in [0.3, 0.4) is 0 Å². The molecule has 0 fully saturated rings. The van der Waals surface area contributed by atoms with Gasteiger partial charge in [-0.2, -0.15) is 0 Å². The minimum atomic E-state index is -1.48. The lowest BCUT2D eigenvalue weighted by atomic mass is 10.0. The molecule has 4 heteroatoms. The summed E-state index contributed by atoms with van der Waals surface area (Å²) in [6, 6.07) is 9.25. The van der Waals surface area contributed by atoms with Crippen LogP contribution in [0.25, 0.3) is 0 Å². The molecule has 0 aromatic heterocycles. The zero-order valence-corrected chi connectivity index (χ0v) is 11.0. The summed E-state index contributed by atoms with van der Waals surface area (Å²) in [5, 5.41) is -0.712. The number of hydrogen-bond acceptors (Lipinski definition) is 0. The molecule has 0 radical (unpaired) electrons. The van der Waals surface area contributed by atoms with E-state index in [0.717, 1.165) is 24.1 Å². The molecule has 19 heavy (non-hydrogen) atoms. The highest BCUT2D eigenvalue weighted by molar-refractivity contribution is 6.22. The second kappa shape index (κ2) is 5.66. The Labute approximate surface area is 114 Å². The molecule has 0 spiro atoms. The van der Waals surface area contributed by atoms with Crippen molar-refractivity contribution >= 4 is 11.6 Å². The molecule has 2 rings (SSSR count). The van der Waals surface area contributed by atoms with E-state index in [-0.39, 0.29) is 5.56 Å². The maximum Gasteiger partial charge on any atom is 0.194 e. The SMILES string of the molecule is CCc1ccc(C(Cl)c2cc(F)c(F)c(F)c2)cc1. The fraction of sp³-hybridized carbons (Fsp3) is 0.200. The van der Waals surface area contributed by atoms with E-state index < -0.39 is 22.8 Å². The first-order valence-electron chi connectivity index (χ1n) is 5.90. The first-order valence-corrected chi connectivity index (χ1v) is 6.34. The minimum absolute atomic E-state index is 0.197. The van der Waals surface area contributed by atoms with Gasteiger partial charge in [0.05, 0.1) is 5.38 Å². The number of benzene rings is 2. The molecule has 100 valence electrons. The van der Waals surface area contributed by atoms with Crippen LogP contribution < -0.4 is 0 Å². The van der Waals surface area contributed by atoms with E-state index in [0.29, 0.717) is 5.56 Å². The van der Waals surface area contributed by atoms with E-state index in [1.165, 1.54) is 0 Å². The Morgan fingerprint density at radius 3 is 1.95 bits per heavy atom. The van der Waals surface area contributed by atoms with Crippen LogP contribution in [0, 0.1) is 17.5 Å². The van der Waals surface area contributed by atoms with Gasteiger partial charge < -0.3 is 0 Å². The molecule has 2 aromatic carbocycles. The maximum absolute atomic E-state index is 13.2. The zero-order valence-electron chi connectivity index (χ0n) is 10.3. The Hall–Kier alpha value is -1.48. The van der Waals surface area contributed by atoms with Crippen LogP contribution in [-0.2, 0) is 6.42 Å². The van der Waals surface area contributed by atoms with Crippen molar-refractivity contribution in [3.05, 3.63) is 70.5 Å². The molecule has 2 aromatic rings. The Morgan fingerprint density at radius 1 is 0.947 bits per heavy atom. The average molecular weight is 285 g/mol. The Morgan fingerprint density at radius 2 is 1.47 bits per heavy atom. The van der Waals surface area contributed by atoms with Crippen LogP contribution in [-0.4, -0.2) is 0 Å². The third-order valence-electron chi connectivity index (χ3n) is 2.98. The van der Waals surface area contributed by atoms with E-state index in [2.05, 4.69) is 0 Å². The quantitative estimate of drug-likeness (QED) is 0.550. The predicted octanol–water partition coefficient (Wildman–Crippen LogP) is 4.99. The lowest BCUT2D eigenvalue weighted by molar-refractivity contribution is 0.445. The van der Waals surface area contributed by atoms with Crippen molar-refractivity contribution in [2.75, 3.05) is 0 Å². The molecule has 1 atom stereocenters. The van der Waals surface area contributed by atoms with Gasteiger partial charge in [0.2, 0.25) is 0 Å². The molecule has 0 aliphatic carbocycles. The van der Waals surface area contributed by atoms with Gasteiger partial charge in [0.15, 0.2) is 17.5 Å². The van der Waals surface area contributed by atoms with Crippen LogP contribution in [0.1, 0.15) is 29.0 Å². The maximum atomic E-state index is 13.2. The molecular formula is C15H12ClF3. The summed E-state index contributed by atoms with van der Waals surface area (Å²) < 4.78 is 39.2. The van der Waals surface area contributed by atoms with Gasteiger partial charge in [-0.1, -0.05) is 31.2 Å². The van der Waals surface area contributed by atoms with Gasteiger partial charge in [-0.25, -0.2) is 13.2 Å². The lowest BCUT2D eigenvalue weighted by Gasteiger charge is -2.11. The number of halogens is 4. The normalized spacial score (nSPS) is 12.5. The second-order valence-electron chi connectivity index (χ2n) is 4.26. The van der Waals surface area contributed by atoms with Gasteiger partial charge in [0.25, 0.3) is 0 Å². The van der Waals surface area contributed by atoms with Crippen LogP contribution in [0.2, 0.25) is 0 Å². The van der Waals surface area contributed by atoms with Gasteiger partial charge >= 0.3 is 0 Å². The van der Waals surface area contributed by atoms with Gasteiger partial charge in [-0.15, -0.1) is 11.6 Å². The highest BCUT2D eigenvalue weighted by atomic mass is 35.5. The number of hydrogen-bond donors (Lipinski definition) is 0. The van der Waals surface area contributed by atoms with Gasteiger partial charge in [0.1, 0.15) is 0 Å². The first-order chi connectivity index (χ1) is 9.02. The lowest BCUT2D eigenvalue weighted by Crippen LogP contribution is -1.99. The molecule has 0 heterocycles. The summed E-state index contributed by atoms with van der Waals surface area (Å²) in [5.74, 6) is -3.94. The minimum Gasteiger partial charge on any atom is -0.204 e. The molecule has 0 saturated heterocycles. The van der Waals surface area contributed by atoms with Crippen LogP contribution in [0.5, 0.6) is 0 Å². The molecule has 0 bridgehead atoms. The smallest absolute Gasteiger partial charge is 0.194 e. The summed E-state index contributed by atoms with van der Waals surface area (Å²) in [6.07, 6.45) is 0.896. The molecule has 0 aliphatic heterocycles. The van der Waals surface area contributed by atoms with Gasteiger partial charge in [-0.3, -0.25) is 0 Å². The Bertz CT molecular complexity index is 555. The monoisotopic (exact) mass is 284 g/mol. The summed E-state index contributed by atoms with van der Waals surface area (Å²) in [6.45, 7) is 2.03. The highest BCUT2D eigenvalue weighted by Crippen LogP contribution is 2.30. The summed E-state index contributed by atoms with van der Waals surface area (Å²) in [5.41, 5.74) is 2.05. The average Bonchev–Trinajstić information content (AvgIpc) is 2.43. The van der Waals surface area contributed by atoms with Crippen LogP contribution in [0.15, 0.2) is 36.4 Å². The third-order valence-corrected chi connectivity index (χ3v) is 3.48. The fourth-order valence-corrected chi connectivity index (χ4v) is 2.11.